The monoisotopic (exact) mass is 389 g/mol. The van der Waals surface area contributed by atoms with E-state index in [0.29, 0.717) is 33.0 Å². The third-order valence-corrected chi connectivity index (χ3v) is 4.02. The fraction of sp³-hybridized carbons (Fsp3) is 0.476. The number of guanidine groups is 1. The van der Waals surface area contributed by atoms with Crippen molar-refractivity contribution in [2.45, 2.75) is 26.5 Å². The SMILES string of the molecule is CN=C(NCCCOCc1ccco1)NCc1ccc(C)cc1OCCOC. The second-order valence-electron chi connectivity index (χ2n) is 6.29. The minimum Gasteiger partial charge on any atom is -0.491 e. The first-order valence-corrected chi connectivity index (χ1v) is 9.49. The molecule has 1 heterocycles. The maximum absolute atomic E-state index is 5.83. The highest BCUT2D eigenvalue weighted by molar-refractivity contribution is 5.79. The molecule has 2 rings (SSSR count). The largest absolute Gasteiger partial charge is 0.491 e. The summed E-state index contributed by atoms with van der Waals surface area (Å²) < 4.78 is 21.7. The molecule has 0 atom stereocenters. The van der Waals surface area contributed by atoms with Crippen LogP contribution in [0.15, 0.2) is 46.0 Å². The average Bonchev–Trinajstić information content (AvgIpc) is 3.21. The number of aliphatic imine (C=N–C) groups is 1. The van der Waals surface area contributed by atoms with Crippen molar-refractivity contribution in [2.24, 2.45) is 4.99 Å². The topological polar surface area (TPSA) is 77.3 Å². The number of nitrogens with one attached hydrogen (secondary N) is 2. The predicted octanol–water partition coefficient (Wildman–Crippen LogP) is 2.89. The van der Waals surface area contributed by atoms with Crippen molar-refractivity contribution in [3.63, 3.8) is 0 Å². The molecule has 0 unspecified atom stereocenters. The van der Waals surface area contributed by atoms with Crippen LogP contribution in [0, 0.1) is 6.92 Å². The zero-order valence-electron chi connectivity index (χ0n) is 17.0. The van der Waals surface area contributed by atoms with Crippen molar-refractivity contribution in [3.05, 3.63) is 53.5 Å². The molecular weight excluding hydrogens is 358 g/mol. The fourth-order valence-electron chi connectivity index (χ4n) is 2.53. The molecule has 1 aromatic carbocycles. The van der Waals surface area contributed by atoms with Gasteiger partial charge in [0.25, 0.3) is 0 Å². The molecule has 0 bridgehead atoms. The van der Waals surface area contributed by atoms with Gasteiger partial charge in [0.2, 0.25) is 0 Å². The molecule has 0 aliphatic carbocycles. The molecule has 0 saturated heterocycles. The van der Waals surface area contributed by atoms with Gasteiger partial charge in [0.15, 0.2) is 5.96 Å². The van der Waals surface area contributed by atoms with Crippen LogP contribution in [0.5, 0.6) is 5.75 Å². The van der Waals surface area contributed by atoms with E-state index in [1.807, 2.05) is 18.2 Å². The number of hydrogen-bond donors (Lipinski definition) is 2. The standard InChI is InChI=1S/C21H31N3O4/c1-17-7-8-18(20(14-17)28-13-12-25-3)15-24-21(22-2)23-9-5-10-26-16-19-6-4-11-27-19/h4,6-8,11,14H,5,9-10,12-13,15-16H2,1-3H3,(H2,22,23,24). The number of benzene rings is 1. The highest BCUT2D eigenvalue weighted by atomic mass is 16.5. The smallest absolute Gasteiger partial charge is 0.191 e. The molecular formula is C21H31N3O4. The maximum atomic E-state index is 5.83. The van der Waals surface area contributed by atoms with Crippen LogP contribution < -0.4 is 15.4 Å². The average molecular weight is 389 g/mol. The lowest BCUT2D eigenvalue weighted by atomic mass is 10.1. The van der Waals surface area contributed by atoms with Gasteiger partial charge in [-0.15, -0.1) is 0 Å². The van der Waals surface area contributed by atoms with Crippen molar-refractivity contribution in [1.82, 2.24) is 10.6 Å². The van der Waals surface area contributed by atoms with Crippen LogP contribution >= 0.6 is 0 Å². The molecule has 0 amide bonds. The molecule has 2 aromatic rings. The van der Waals surface area contributed by atoms with Crippen molar-refractivity contribution in [1.29, 1.82) is 0 Å². The summed E-state index contributed by atoms with van der Waals surface area (Å²) in [5, 5.41) is 6.61. The minimum absolute atomic E-state index is 0.499. The van der Waals surface area contributed by atoms with E-state index in [-0.39, 0.29) is 0 Å². The first-order valence-electron chi connectivity index (χ1n) is 9.49. The Hall–Kier alpha value is -2.51. The lowest BCUT2D eigenvalue weighted by Crippen LogP contribution is -2.37. The number of ether oxygens (including phenoxy) is 3. The van der Waals surface area contributed by atoms with E-state index >= 15 is 0 Å². The number of aryl methyl sites for hydroxylation is 1. The molecule has 28 heavy (non-hydrogen) atoms. The quantitative estimate of drug-likeness (QED) is 0.330. The van der Waals surface area contributed by atoms with Crippen molar-refractivity contribution in [3.8, 4) is 5.75 Å². The zero-order valence-corrected chi connectivity index (χ0v) is 17.0. The molecule has 0 aliphatic heterocycles. The van der Waals surface area contributed by atoms with Crippen LogP contribution in [0.4, 0.5) is 0 Å². The van der Waals surface area contributed by atoms with Crippen LogP contribution in [-0.2, 0) is 22.6 Å². The Kier molecular flexibility index (Phi) is 9.96. The summed E-state index contributed by atoms with van der Waals surface area (Å²) in [5.74, 6) is 2.45. The van der Waals surface area contributed by atoms with E-state index in [9.17, 15) is 0 Å². The Bertz CT molecular complexity index is 702. The number of furan rings is 1. The molecule has 0 aliphatic rings. The van der Waals surface area contributed by atoms with Gasteiger partial charge in [0, 0.05) is 39.4 Å². The highest BCUT2D eigenvalue weighted by Gasteiger charge is 2.06. The molecule has 7 heteroatoms. The van der Waals surface area contributed by atoms with Gasteiger partial charge in [-0.1, -0.05) is 12.1 Å². The Balaban J connectivity index is 1.69. The van der Waals surface area contributed by atoms with Crippen LogP contribution in [0.3, 0.4) is 0 Å². The van der Waals surface area contributed by atoms with E-state index in [0.717, 1.165) is 41.6 Å². The number of rotatable bonds is 12. The van der Waals surface area contributed by atoms with Gasteiger partial charge in [0.05, 0.1) is 12.9 Å². The fourth-order valence-corrected chi connectivity index (χ4v) is 2.53. The van der Waals surface area contributed by atoms with Gasteiger partial charge in [-0.2, -0.15) is 0 Å². The first kappa shape index (κ1) is 21.8. The number of nitrogens with zero attached hydrogens (tertiary/aromatic N) is 1. The van der Waals surface area contributed by atoms with Gasteiger partial charge < -0.3 is 29.3 Å². The van der Waals surface area contributed by atoms with Crippen LogP contribution in [-0.4, -0.2) is 46.5 Å². The highest BCUT2D eigenvalue weighted by Crippen LogP contribution is 2.20. The maximum Gasteiger partial charge on any atom is 0.191 e. The van der Waals surface area contributed by atoms with Crippen LogP contribution in [0.2, 0.25) is 0 Å². The molecule has 0 radical (unpaired) electrons. The second kappa shape index (κ2) is 12.8. The van der Waals surface area contributed by atoms with E-state index < -0.39 is 0 Å². The van der Waals surface area contributed by atoms with Crippen LogP contribution in [0.25, 0.3) is 0 Å². The lowest BCUT2D eigenvalue weighted by molar-refractivity contribution is 0.105. The normalized spacial score (nSPS) is 11.5. The Morgan fingerprint density at radius 3 is 2.79 bits per heavy atom. The third-order valence-electron chi connectivity index (χ3n) is 4.02. The van der Waals surface area contributed by atoms with Crippen molar-refractivity contribution in [2.75, 3.05) is 40.5 Å². The zero-order chi connectivity index (χ0) is 20.0. The van der Waals surface area contributed by atoms with Gasteiger partial charge >= 0.3 is 0 Å². The lowest BCUT2D eigenvalue weighted by Gasteiger charge is -2.15. The second-order valence-corrected chi connectivity index (χ2v) is 6.29. The molecule has 0 saturated carbocycles. The predicted molar refractivity (Wildman–Crippen MR) is 110 cm³/mol. The van der Waals surface area contributed by atoms with Crippen molar-refractivity contribution < 1.29 is 18.6 Å². The van der Waals surface area contributed by atoms with E-state index in [1.165, 1.54) is 0 Å². The molecule has 0 spiro atoms. The van der Waals surface area contributed by atoms with Gasteiger partial charge in [-0.05, 0) is 37.1 Å². The van der Waals surface area contributed by atoms with E-state index in [4.69, 9.17) is 18.6 Å². The van der Waals surface area contributed by atoms with E-state index in [1.54, 1.807) is 20.4 Å². The number of hydrogen-bond acceptors (Lipinski definition) is 5. The molecule has 0 fully saturated rings. The summed E-state index contributed by atoms with van der Waals surface area (Å²) in [7, 11) is 3.42. The Labute approximate surface area is 167 Å². The van der Waals surface area contributed by atoms with Gasteiger partial charge in [-0.25, -0.2) is 0 Å². The Morgan fingerprint density at radius 1 is 1.14 bits per heavy atom. The minimum atomic E-state index is 0.499. The molecule has 7 nitrogen and oxygen atoms in total. The summed E-state index contributed by atoms with van der Waals surface area (Å²) in [6.45, 7) is 5.68. The summed E-state index contributed by atoms with van der Waals surface area (Å²) in [4.78, 5) is 4.26. The van der Waals surface area contributed by atoms with Gasteiger partial charge in [0.1, 0.15) is 24.7 Å². The van der Waals surface area contributed by atoms with E-state index in [2.05, 4.69) is 34.7 Å². The summed E-state index contributed by atoms with van der Waals surface area (Å²) >= 11 is 0. The van der Waals surface area contributed by atoms with Gasteiger partial charge in [-0.3, -0.25) is 4.99 Å². The summed E-state index contributed by atoms with van der Waals surface area (Å²) in [6, 6.07) is 9.95. The summed E-state index contributed by atoms with van der Waals surface area (Å²) in [6.07, 6.45) is 2.52. The van der Waals surface area contributed by atoms with Crippen LogP contribution in [0.1, 0.15) is 23.3 Å². The number of methoxy groups -OCH3 is 1. The molecule has 154 valence electrons. The Morgan fingerprint density at radius 2 is 2.04 bits per heavy atom. The molecule has 1 aromatic heterocycles. The molecule has 2 N–H and O–H groups in total. The first-order chi connectivity index (χ1) is 13.7. The summed E-state index contributed by atoms with van der Waals surface area (Å²) in [5.41, 5.74) is 2.24. The van der Waals surface area contributed by atoms with Crippen molar-refractivity contribution >= 4 is 5.96 Å². The third kappa shape index (κ3) is 8.02.